The second kappa shape index (κ2) is 6.03. The van der Waals surface area contributed by atoms with E-state index in [4.69, 9.17) is 0 Å². The standard InChI is InChI=1S/C19H26N2O3/c22-17(11-19(24)8-1-9-19)20-15-5-6-16-14(10-15)4-7-18(23)21(16)12-13-2-3-13/h4,7,13,15,24H,1-3,5-6,8-12H2,(H,20,22). The van der Waals surface area contributed by atoms with Gasteiger partial charge in [-0.05, 0) is 62.8 Å². The maximum absolute atomic E-state index is 12.2. The van der Waals surface area contributed by atoms with Crippen molar-refractivity contribution in [3.63, 3.8) is 0 Å². The predicted octanol–water partition coefficient (Wildman–Crippen LogP) is 1.54. The van der Waals surface area contributed by atoms with Gasteiger partial charge >= 0.3 is 0 Å². The Balaban J connectivity index is 1.42. The minimum atomic E-state index is -0.762. The summed E-state index contributed by atoms with van der Waals surface area (Å²) in [6, 6.07) is 3.71. The normalized spacial score (nSPS) is 24.8. The summed E-state index contributed by atoms with van der Waals surface area (Å²) >= 11 is 0. The Bertz CT molecular complexity index is 701. The number of fused-ring (bicyclic) bond motifs is 1. The van der Waals surface area contributed by atoms with Crippen LogP contribution in [0, 0.1) is 5.92 Å². The summed E-state index contributed by atoms with van der Waals surface area (Å²) in [6.45, 7) is 0.853. The average molecular weight is 330 g/mol. The van der Waals surface area contributed by atoms with Crippen LogP contribution in [0.5, 0.6) is 0 Å². The van der Waals surface area contributed by atoms with Crippen molar-refractivity contribution in [3.05, 3.63) is 33.7 Å². The molecule has 4 rings (SSSR count). The molecule has 1 aromatic rings. The average Bonchev–Trinajstić information content (AvgIpc) is 3.32. The van der Waals surface area contributed by atoms with Gasteiger partial charge in [0.05, 0.1) is 12.0 Å². The lowest BCUT2D eigenvalue weighted by molar-refractivity contribution is -0.130. The highest BCUT2D eigenvalue weighted by Gasteiger charge is 2.37. The van der Waals surface area contributed by atoms with E-state index in [0.29, 0.717) is 5.92 Å². The fourth-order valence-electron chi connectivity index (χ4n) is 4.05. The van der Waals surface area contributed by atoms with Crippen LogP contribution >= 0.6 is 0 Å². The molecule has 0 aliphatic heterocycles. The van der Waals surface area contributed by atoms with Gasteiger partial charge in [-0.2, -0.15) is 0 Å². The molecule has 0 radical (unpaired) electrons. The minimum absolute atomic E-state index is 0.0445. The maximum atomic E-state index is 12.2. The highest BCUT2D eigenvalue weighted by atomic mass is 16.3. The summed E-state index contributed by atoms with van der Waals surface area (Å²) < 4.78 is 1.96. The fraction of sp³-hybridized carbons (Fsp3) is 0.684. The first kappa shape index (κ1) is 15.9. The molecule has 2 N–H and O–H groups in total. The number of aromatic nitrogens is 1. The van der Waals surface area contributed by atoms with E-state index in [0.717, 1.165) is 50.8 Å². The lowest BCUT2D eigenvalue weighted by Crippen LogP contribution is -2.46. The quantitative estimate of drug-likeness (QED) is 0.860. The highest BCUT2D eigenvalue weighted by molar-refractivity contribution is 5.77. The van der Waals surface area contributed by atoms with Crippen molar-refractivity contribution in [1.29, 1.82) is 0 Å². The predicted molar refractivity (Wildman–Crippen MR) is 90.8 cm³/mol. The molecule has 1 unspecified atom stereocenters. The zero-order chi connectivity index (χ0) is 16.7. The number of carbonyl (C=O) groups is 1. The van der Waals surface area contributed by atoms with Gasteiger partial charge < -0.3 is 15.0 Å². The van der Waals surface area contributed by atoms with Gasteiger partial charge in [-0.25, -0.2) is 0 Å². The number of rotatable bonds is 5. The van der Waals surface area contributed by atoms with Crippen molar-refractivity contribution >= 4 is 5.91 Å². The summed E-state index contributed by atoms with van der Waals surface area (Å²) in [5.41, 5.74) is 1.70. The molecule has 5 heteroatoms. The molecule has 5 nitrogen and oxygen atoms in total. The number of carbonyl (C=O) groups excluding carboxylic acids is 1. The third kappa shape index (κ3) is 3.27. The summed E-state index contributed by atoms with van der Waals surface area (Å²) in [7, 11) is 0. The molecule has 1 heterocycles. The molecule has 2 fully saturated rings. The van der Waals surface area contributed by atoms with Crippen LogP contribution in [0.25, 0.3) is 0 Å². The highest BCUT2D eigenvalue weighted by Crippen LogP contribution is 2.35. The summed E-state index contributed by atoms with van der Waals surface area (Å²) in [6.07, 6.45) is 7.66. The number of pyridine rings is 1. The smallest absolute Gasteiger partial charge is 0.250 e. The van der Waals surface area contributed by atoms with Crippen LogP contribution in [-0.4, -0.2) is 27.2 Å². The molecular weight excluding hydrogens is 304 g/mol. The monoisotopic (exact) mass is 330 g/mol. The van der Waals surface area contributed by atoms with Crippen molar-refractivity contribution in [3.8, 4) is 0 Å². The molecule has 3 aliphatic carbocycles. The minimum Gasteiger partial charge on any atom is -0.389 e. The zero-order valence-corrected chi connectivity index (χ0v) is 14.1. The van der Waals surface area contributed by atoms with E-state index in [1.165, 1.54) is 18.4 Å². The molecule has 0 saturated heterocycles. The third-order valence-corrected chi connectivity index (χ3v) is 5.86. The van der Waals surface area contributed by atoms with E-state index in [2.05, 4.69) is 5.32 Å². The first-order chi connectivity index (χ1) is 11.5. The van der Waals surface area contributed by atoms with Crippen molar-refractivity contribution in [2.75, 3.05) is 0 Å². The van der Waals surface area contributed by atoms with Crippen LogP contribution in [0.3, 0.4) is 0 Å². The maximum Gasteiger partial charge on any atom is 0.250 e. The van der Waals surface area contributed by atoms with Crippen molar-refractivity contribution in [1.82, 2.24) is 9.88 Å². The number of amides is 1. The van der Waals surface area contributed by atoms with Gasteiger partial charge in [0, 0.05) is 24.3 Å². The van der Waals surface area contributed by atoms with Crippen LogP contribution in [0.4, 0.5) is 0 Å². The largest absolute Gasteiger partial charge is 0.389 e. The van der Waals surface area contributed by atoms with E-state index in [-0.39, 0.29) is 23.9 Å². The Morgan fingerprint density at radius 3 is 2.75 bits per heavy atom. The molecule has 3 aliphatic rings. The van der Waals surface area contributed by atoms with Crippen LogP contribution < -0.4 is 10.9 Å². The first-order valence-corrected chi connectivity index (χ1v) is 9.26. The topological polar surface area (TPSA) is 71.3 Å². The van der Waals surface area contributed by atoms with Crippen LogP contribution in [0.1, 0.15) is 56.2 Å². The summed E-state index contributed by atoms with van der Waals surface area (Å²) in [4.78, 5) is 24.4. The van der Waals surface area contributed by atoms with Gasteiger partial charge in [-0.3, -0.25) is 9.59 Å². The molecule has 0 spiro atoms. The lowest BCUT2D eigenvalue weighted by atomic mass is 9.77. The number of nitrogens with zero attached hydrogens (tertiary/aromatic N) is 1. The molecule has 1 amide bonds. The second-order valence-electron chi connectivity index (χ2n) is 7.96. The van der Waals surface area contributed by atoms with Gasteiger partial charge in [0.2, 0.25) is 5.91 Å². The van der Waals surface area contributed by atoms with E-state index >= 15 is 0 Å². The number of nitrogens with one attached hydrogen (secondary N) is 1. The number of hydrogen-bond donors (Lipinski definition) is 2. The SMILES string of the molecule is O=C(CC1(O)CCC1)NC1CCc2c(ccc(=O)n2CC2CC2)C1. The van der Waals surface area contributed by atoms with Gasteiger partial charge in [-0.15, -0.1) is 0 Å². The molecule has 0 aromatic carbocycles. The van der Waals surface area contributed by atoms with Gasteiger partial charge in [0.15, 0.2) is 0 Å². The molecule has 1 atom stereocenters. The lowest BCUT2D eigenvalue weighted by Gasteiger charge is -2.36. The molecule has 0 bridgehead atoms. The molecule has 2 saturated carbocycles. The molecule has 24 heavy (non-hydrogen) atoms. The Morgan fingerprint density at radius 1 is 1.29 bits per heavy atom. The molecule has 1 aromatic heterocycles. The molecule has 130 valence electrons. The summed E-state index contributed by atoms with van der Waals surface area (Å²) in [5.74, 6) is 0.631. The molecular formula is C19H26N2O3. The van der Waals surface area contributed by atoms with E-state index in [9.17, 15) is 14.7 Å². The summed E-state index contributed by atoms with van der Waals surface area (Å²) in [5, 5.41) is 13.2. The fourth-order valence-corrected chi connectivity index (χ4v) is 4.05. The third-order valence-electron chi connectivity index (χ3n) is 5.86. The van der Waals surface area contributed by atoms with Crippen molar-refractivity contribution < 1.29 is 9.90 Å². The van der Waals surface area contributed by atoms with E-state index < -0.39 is 5.60 Å². The van der Waals surface area contributed by atoms with Gasteiger partial charge in [0.1, 0.15) is 0 Å². The Hall–Kier alpha value is -1.62. The van der Waals surface area contributed by atoms with Gasteiger partial charge in [-0.1, -0.05) is 6.07 Å². The second-order valence-corrected chi connectivity index (χ2v) is 7.96. The Labute approximate surface area is 142 Å². The van der Waals surface area contributed by atoms with Crippen LogP contribution in [0.2, 0.25) is 0 Å². The van der Waals surface area contributed by atoms with Crippen LogP contribution in [-0.2, 0) is 24.2 Å². The Morgan fingerprint density at radius 2 is 2.08 bits per heavy atom. The van der Waals surface area contributed by atoms with Crippen molar-refractivity contribution in [2.45, 2.75) is 76.0 Å². The van der Waals surface area contributed by atoms with E-state index in [1.54, 1.807) is 6.07 Å². The van der Waals surface area contributed by atoms with E-state index in [1.807, 2.05) is 10.6 Å². The number of aliphatic hydroxyl groups is 1. The van der Waals surface area contributed by atoms with Crippen LogP contribution in [0.15, 0.2) is 16.9 Å². The number of hydrogen-bond acceptors (Lipinski definition) is 3. The zero-order valence-electron chi connectivity index (χ0n) is 14.1. The van der Waals surface area contributed by atoms with Crippen molar-refractivity contribution in [2.24, 2.45) is 5.92 Å². The Kier molecular flexibility index (Phi) is 3.99. The first-order valence-electron chi connectivity index (χ1n) is 9.26. The van der Waals surface area contributed by atoms with Gasteiger partial charge in [0.25, 0.3) is 5.56 Å².